The largest absolute Gasteiger partial charge is 0.481 e. The fourth-order valence-corrected chi connectivity index (χ4v) is 2.17. The lowest BCUT2D eigenvalue weighted by Gasteiger charge is -1.98. The highest BCUT2D eigenvalue weighted by Gasteiger charge is 1.96. The molecule has 0 saturated carbocycles. The van der Waals surface area contributed by atoms with Gasteiger partial charge in [-0.25, -0.2) is 0 Å². The van der Waals surface area contributed by atoms with Crippen molar-refractivity contribution in [3.63, 3.8) is 0 Å². The number of halogens is 1. The number of carboxylic acids is 1. The zero-order valence-electron chi connectivity index (χ0n) is 12.7. The zero-order valence-corrected chi connectivity index (χ0v) is 13.5. The highest BCUT2D eigenvalue weighted by molar-refractivity contribution is 6.31. The molecule has 0 aliphatic rings. The Morgan fingerprint density at radius 3 is 2.35 bits per heavy atom. The third-order valence-corrected chi connectivity index (χ3v) is 3.47. The second-order valence-electron chi connectivity index (χ2n) is 5.19. The number of hydrogen-bond acceptors (Lipinski definition) is 1. The topological polar surface area (TPSA) is 37.3 Å². The van der Waals surface area contributed by atoms with Crippen molar-refractivity contribution in [1.29, 1.82) is 0 Å². The summed E-state index contributed by atoms with van der Waals surface area (Å²) in [7, 11) is 0. The van der Waals surface area contributed by atoms with Gasteiger partial charge in [-0.3, -0.25) is 4.79 Å². The number of unbranched alkanes of at least 4 members (excludes halogenated alkanes) is 8. The highest BCUT2D eigenvalue weighted by atomic mass is 35.5. The first kappa shape index (κ1) is 19.2. The molecule has 0 aliphatic heterocycles. The molecule has 2 nitrogen and oxygen atoms in total. The first-order valence-corrected chi connectivity index (χ1v) is 8.28. The third-order valence-electron chi connectivity index (χ3n) is 3.19. The Hall–Kier alpha value is -0.760. The van der Waals surface area contributed by atoms with Crippen LogP contribution in [0.4, 0.5) is 0 Å². The molecule has 116 valence electrons. The molecule has 0 aromatic heterocycles. The van der Waals surface area contributed by atoms with E-state index >= 15 is 0 Å². The molecule has 0 bridgehead atoms. The van der Waals surface area contributed by atoms with E-state index in [4.69, 9.17) is 16.7 Å². The van der Waals surface area contributed by atoms with Crippen LogP contribution in [0.3, 0.4) is 0 Å². The van der Waals surface area contributed by atoms with Crippen LogP contribution in [0, 0.1) is 0 Å². The van der Waals surface area contributed by atoms with Crippen LogP contribution >= 0.6 is 11.6 Å². The second kappa shape index (κ2) is 14.6. The van der Waals surface area contributed by atoms with E-state index in [1.54, 1.807) is 0 Å². The van der Waals surface area contributed by atoms with Crippen molar-refractivity contribution in [3.05, 3.63) is 23.3 Å². The van der Waals surface area contributed by atoms with Gasteiger partial charge in [-0.1, -0.05) is 62.8 Å². The minimum absolute atomic E-state index is 0.300. The summed E-state index contributed by atoms with van der Waals surface area (Å²) in [6.07, 6.45) is 17.7. The average molecular weight is 301 g/mol. The fourth-order valence-electron chi connectivity index (χ4n) is 1.97. The molecule has 0 spiro atoms. The number of carboxylic acid groups (broad SMARTS) is 1. The van der Waals surface area contributed by atoms with Crippen molar-refractivity contribution in [2.75, 3.05) is 0 Å². The van der Waals surface area contributed by atoms with Crippen molar-refractivity contribution in [2.24, 2.45) is 0 Å². The molecule has 0 unspecified atom stereocenters. The Bertz CT molecular complexity index is 295. The van der Waals surface area contributed by atoms with E-state index in [1.807, 2.05) is 6.08 Å². The lowest BCUT2D eigenvalue weighted by molar-refractivity contribution is -0.137. The summed E-state index contributed by atoms with van der Waals surface area (Å²) < 4.78 is 0. The summed E-state index contributed by atoms with van der Waals surface area (Å²) in [6.45, 7) is 2.21. The summed E-state index contributed by atoms with van der Waals surface area (Å²) in [5.41, 5.74) is 0. The molecule has 0 aromatic carbocycles. The first-order valence-electron chi connectivity index (χ1n) is 7.90. The molecular weight excluding hydrogens is 272 g/mol. The predicted octanol–water partition coefficient (Wildman–Crippen LogP) is 6.06. The average Bonchev–Trinajstić information content (AvgIpc) is 2.41. The number of rotatable bonds is 13. The lowest BCUT2D eigenvalue weighted by atomic mass is 10.1. The molecule has 0 aromatic rings. The van der Waals surface area contributed by atoms with E-state index in [1.165, 1.54) is 19.3 Å². The van der Waals surface area contributed by atoms with Gasteiger partial charge in [0.15, 0.2) is 0 Å². The van der Waals surface area contributed by atoms with E-state index in [-0.39, 0.29) is 0 Å². The van der Waals surface area contributed by atoms with Crippen molar-refractivity contribution in [1.82, 2.24) is 0 Å². The Labute approximate surface area is 128 Å². The zero-order chi connectivity index (χ0) is 15.1. The van der Waals surface area contributed by atoms with E-state index in [2.05, 4.69) is 19.1 Å². The van der Waals surface area contributed by atoms with Gasteiger partial charge in [0.2, 0.25) is 0 Å². The van der Waals surface area contributed by atoms with Crippen LogP contribution in [0.1, 0.15) is 77.6 Å². The maximum Gasteiger partial charge on any atom is 0.303 e. The quantitative estimate of drug-likeness (QED) is 0.331. The molecule has 0 radical (unpaired) electrons. The number of allylic oxidation sites excluding steroid dienone is 4. The van der Waals surface area contributed by atoms with Gasteiger partial charge in [-0.2, -0.15) is 0 Å². The Balaban J connectivity index is 3.42. The van der Waals surface area contributed by atoms with Crippen molar-refractivity contribution in [2.45, 2.75) is 77.6 Å². The second-order valence-corrected chi connectivity index (χ2v) is 5.62. The molecule has 0 saturated heterocycles. The molecule has 20 heavy (non-hydrogen) atoms. The predicted molar refractivity (Wildman–Crippen MR) is 87.2 cm³/mol. The first-order chi connectivity index (χ1) is 9.66. The van der Waals surface area contributed by atoms with Gasteiger partial charge < -0.3 is 5.11 Å². The molecule has 0 aliphatic carbocycles. The van der Waals surface area contributed by atoms with Gasteiger partial charge in [0, 0.05) is 11.5 Å². The smallest absolute Gasteiger partial charge is 0.303 e. The molecule has 0 heterocycles. The van der Waals surface area contributed by atoms with E-state index in [0.29, 0.717) is 6.42 Å². The Morgan fingerprint density at radius 1 is 1.00 bits per heavy atom. The summed E-state index contributed by atoms with van der Waals surface area (Å²) in [5.74, 6) is -0.689. The van der Waals surface area contributed by atoms with Gasteiger partial charge in [-0.05, 0) is 38.2 Å². The van der Waals surface area contributed by atoms with Crippen LogP contribution in [-0.4, -0.2) is 11.1 Å². The van der Waals surface area contributed by atoms with Gasteiger partial charge >= 0.3 is 5.97 Å². The van der Waals surface area contributed by atoms with Crippen molar-refractivity contribution < 1.29 is 9.90 Å². The summed E-state index contributed by atoms with van der Waals surface area (Å²) >= 11 is 6.10. The standard InChI is InChI=1S/C17H29ClO2/c1-2-3-4-7-10-13-16(18)14-11-8-5-6-9-12-15-17(19)20/h10,13-14H,2-9,11-12,15H2,1H3,(H,19,20)/b13-10+,16-14+. The van der Waals surface area contributed by atoms with E-state index < -0.39 is 5.97 Å². The minimum atomic E-state index is -0.689. The highest BCUT2D eigenvalue weighted by Crippen LogP contribution is 2.11. The molecule has 0 atom stereocenters. The van der Waals surface area contributed by atoms with E-state index in [9.17, 15) is 4.79 Å². The van der Waals surface area contributed by atoms with Crippen LogP contribution in [-0.2, 0) is 4.79 Å². The molecule has 0 rings (SSSR count). The number of hydrogen-bond donors (Lipinski definition) is 1. The van der Waals surface area contributed by atoms with Gasteiger partial charge in [0.25, 0.3) is 0 Å². The maximum atomic E-state index is 10.3. The minimum Gasteiger partial charge on any atom is -0.481 e. The molecule has 0 amide bonds. The van der Waals surface area contributed by atoms with Gasteiger partial charge in [0.1, 0.15) is 0 Å². The third kappa shape index (κ3) is 15.3. The fraction of sp³-hybridized carbons (Fsp3) is 0.706. The van der Waals surface area contributed by atoms with Crippen LogP contribution in [0.5, 0.6) is 0 Å². The maximum absolute atomic E-state index is 10.3. The lowest BCUT2D eigenvalue weighted by Crippen LogP contribution is -1.93. The van der Waals surface area contributed by atoms with Crippen molar-refractivity contribution in [3.8, 4) is 0 Å². The monoisotopic (exact) mass is 300 g/mol. The molecule has 0 fully saturated rings. The van der Waals surface area contributed by atoms with Crippen LogP contribution in [0.25, 0.3) is 0 Å². The summed E-state index contributed by atoms with van der Waals surface area (Å²) in [4.78, 5) is 10.3. The van der Waals surface area contributed by atoms with Gasteiger partial charge in [0.05, 0.1) is 0 Å². The van der Waals surface area contributed by atoms with E-state index in [0.717, 1.165) is 50.0 Å². The molecule has 1 N–H and O–H groups in total. The van der Waals surface area contributed by atoms with Crippen LogP contribution in [0.15, 0.2) is 23.3 Å². The van der Waals surface area contributed by atoms with Crippen LogP contribution in [0.2, 0.25) is 0 Å². The summed E-state index contributed by atoms with van der Waals surface area (Å²) in [5, 5.41) is 9.35. The Kier molecular flexibility index (Phi) is 14.1. The molecule has 3 heteroatoms. The summed E-state index contributed by atoms with van der Waals surface area (Å²) in [6, 6.07) is 0. The Morgan fingerprint density at radius 2 is 1.65 bits per heavy atom. The SMILES string of the molecule is CCCCC/C=C/C(Cl)=C\CCCCCCCC(=O)O. The number of aliphatic carboxylic acids is 1. The molecular formula is C17H29ClO2. The number of carbonyl (C=O) groups is 1. The van der Waals surface area contributed by atoms with Crippen LogP contribution < -0.4 is 0 Å². The van der Waals surface area contributed by atoms with Gasteiger partial charge in [-0.15, -0.1) is 0 Å². The van der Waals surface area contributed by atoms with Crippen molar-refractivity contribution >= 4 is 17.6 Å². The normalized spacial score (nSPS) is 12.2.